The van der Waals surface area contributed by atoms with Gasteiger partial charge in [0.15, 0.2) is 5.69 Å². The molecule has 1 aliphatic rings. The molecule has 1 aliphatic heterocycles. The number of hydrogen-bond acceptors (Lipinski definition) is 4. The zero-order valence-electron chi connectivity index (χ0n) is 12.2. The van der Waals surface area contributed by atoms with Crippen molar-refractivity contribution >= 4 is 17.5 Å². The molecular formula is C15H17N3O4. The fourth-order valence-corrected chi connectivity index (χ4v) is 2.95. The van der Waals surface area contributed by atoms with Crippen molar-refractivity contribution in [2.75, 3.05) is 20.1 Å². The van der Waals surface area contributed by atoms with Crippen LogP contribution < -0.4 is 0 Å². The van der Waals surface area contributed by atoms with Gasteiger partial charge in [-0.1, -0.05) is 0 Å². The Kier molecular flexibility index (Phi) is 3.58. The highest BCUT2D eigenvalue weighted by Crippen LogP contribution is 2.29. The van der Waals surface area contributed by atoms with E-state index in [-0.39, 0.29) is 17.2 Å². The minimum atomic E-state index is -1.14. The molecule has 0 spiro atoms. The van der Waals surface area contributed by atoms with Crippen molar-refractivity contribution in [2.45, 2.75) is 18.8 Å². The van der Waals surface area contributed by atoms with Crippen LogP contribution in [0.2, 0.25) is 0 Å². The molecule has 2 N–H and O–H groups in total. The van der Waals surface area contributed by atoms with Crippen molar-refractivity contribution in [1.29, 1.82) is 0 Å². The van der Waals surface area contributed by atoms with E-state index in [0.29, 0.717) is 11.3 Å². The molecule has 0 amide bonds. The number of carboxylic acids is 2. The van der Waals surface area contributed by atoms with E-state index in [2.05, 4.69) is 16.9 Å². The van der Waals surface area contributed by atoms with Crippen molar-refractivity contribution in [3.8, 4) is 0 Å². The molecule has 22 heavy (non-hydrogen) atoms. The van der Waals surface area contributed by atoms with Crippen LogP contribution in [0.4, 0.5) is 0 Å². The summed E-state index contributed by atoms with van der Waals surface area (Å²) in [5.41, 5.74) is 0.309. The van der Waals surface area contributed by atoms with Crippen LogP contribution in [0.5, 0.6) is 0 Å². The molecule has 116 valence electrons. The van der Waals surface area contributed by atoms with Crippen molar-refractivity contribution in [3.63, 3.8) is 0 Å². The molecule has 3 rings (SSSR count). The fraction of sp³-hybridized carbons (Fsp3) is 0.400. The molecule has 7 nitrogen and oxygen atoms in total. The van der Waals surface area contributed by atoms with E-state index in [4.69, 9.17) is 5.11 Å². The molecule has 0 atom stereocenters. The summed E-state index contributed by atoms with van der Waals surface area (Å²) in [6, 6.07) is 2.85. The van der Waals surface area contributed by atoms with Gasteiger partial charge in [-0.05, 0) is 45.1 Å². The number of carbonyl (C=O) groups is 2. The average molecular weight is 303 g/mol. The van der Waals surface area contributed by atoms with Gasteiger partial charge >= 0.3 is 11.9 Å². The fourth-order valence-electron chi connectivity index (χ4n) is 2.95. The van der Waals surface area contributed by atoms with Crippen LogP contribution in [0.25, 0.3) is 5.52 Å². The van der Waals surface area contributed by atoms with Crippen molar-refractivity contribution in [1.82, 2.24) is 14.3 Å². The van der Waals surface area contributed by atoms with Crippen LogP contribution in [0, 0.1) is 0 Å². The molecular weight excluding hydrogens is 286 g/mol. The van der Waals surface area contributed by atoms with Crippen LogP contribution in [0.1, 0.15) is 45.4 Å². The van der Waals surface area contributed by atoms with Crippen LogP contribution in [-0.2, 0) is 0 Å². The standard InChI is InChI=1S/C15H17N3O4/c1-17-5-2-9(3-6-17)13-16-12(15(21)22)11-8-10(14(19)20)4-7-18(11)13/h4,7-9H,2-3,5-6H2,1H3,(H,19,20)(H,21,22). The number of carboxylic acid groups (broad SMARTS) is 2. The summed E-state index contributed by atoms with van der Waals surface area (Å²) in [5, 5.41) is 18.4. The Morgan fingerprint density at radius 1 is 1.23 bits per heavy atom. The maximum Gasteiger partial charge on any atom is 0.356 e. The molecule has 0 radical (unpaired) electrons. The van der Waals surface area contributed by atoms with Gasteiger partial charge in [0.2, 0.25) is 0 Å². The first-order chi connectivity index (χ1) is 10.5. The highest BCUT2D eigenvalue weighted by atomic mass is 16.4. The third-order valence-corrected chi connectivity index (χ3v) is 4.20. The molecule has 2 aromatic rings. The second kappa shape index (κ2) is 5.42. The van der Waals surface area contributed by atoms with E-state index in [1.54, 1.807) is 10.6 Å². The van der Waals surface area contributed by atoms with Crippen molar-refractivity contribution in [3.05, 3.63) is 35.4 Å². The lowest BCUT2D eigenvalue weighted by molar-refractivity contribution is 0.0682. The number of piperidine rings is 1. The molecule has 7 heteroatoms. The van der Waals surface area contributed by atoms with Crippen LogP contribution in [-0.4, -0.2) is 56.6 Å². The van der Waals surface area contributed by atoms with Crippen LogP contribution >= 0.6 is 0 Å². The molecule has 0 bridgehead atoms. The number of rotatable bonds is 3. The Morgan fingerprint density at radius 2 is 1.91 bits per heavy atom. The van der Waals surface area contributed by atoms with E-state index in [1.165, 1.54) is 12.1 Å². The second-order valence-electron chi connectivity index (χ2n) is 5.68. The summed E-state index contributed by atoms with van der Waals surface area (Å²) < 4.78 is 1.71. The summed E-state index contributed by atoms with van der Waals surface area (Å²) in [6.45, 7) is 1.88. The number of aromatic carboxylic acids is 2. The van der Waals surface area contributed by atoms with Gasteiger partial charge in [-0.25, -0.2) is 14.6 Å². The van der Waals surface area contributed by atoms with Gasteiger partial charge in [0.1, 0.15) is 5.82 Å². The maximum absolute atomic E-state index is 11.4. The third-order valence-electron chi connectivity index (χ3n) is 4.20. The van der Waals surface area contributed by atoms with E-state index >= 15 is 0 Å². The van der Waals surface area contributed by atoms with Gasteiger partial charge in [0.05, 0.1) is 11.1 Å². The molecule has 0 saturated carbocycles. The van der Waals surface area contributed by atoms with Crippen LogP contribution in [0.15, 0.2) is 18.3 Å². The Labute approximate surface area is 126 Å². The minimum absolute atomic E-state index is 0.0600. The van der Waals surface area contributed by atoms with Gasteiger partial charge in [0, 0.05) is 12.1 Å². The topological polar surface area (TPSA) is 95.1 Å². The first-order valence-corrected chi connectivity index (χ1v) is 7.14. The lowest BCUT2D eigenvalue weighted by Gasteiger charge is -2.28. The molecule has 2 aromatic heterocycles. The zero-order chi connectivity index (χ0) is 15.9. The number of aromatic nitrogens is 2. The second-order valence-corrected chi connectivity index (χ2v) is 5.68. The smallest absolute Gasteiger partial charge is 0.356 e. The van der Waals surface area contributed by atoms with E-state index < -0.39 is 11.9 Å². The zero-order valence-corrected chi connectivity index (χ0v) is 12.2. The lowest BCUT2D eigenvalue weighted by atomic mass is 9.96. The first kappa shape index (κ1) is 14.5. The number of pyridine rings is 1. The van der Waals surface area contributed by atoms with Crippen molar-refractivity contribution in [2.24, 2.45) is 0 Å². The molecule has 0 unspecified atom stereocenters. The van der Waals surface area contributed by atoms with Gasteiger partial charge in [-0.3, -0.25) is 0 Å². The highest BCUT2D eigenvalue weighted by molar-refractivity contribution is 5.96. The number of imidazole rings is 1. The Bertz CT molecular complexity index is 745. The van der Waals surface area contributed by atoms with Gasteiger partial charge in [-0.15, -0.1) is 0 Å². The first-order valence-electron chi connectivity index (χ1n) is 7.14. The number of likely N-dealkylation sites (tertiary alicyclic amines) is 1. The monoisotopic (exact) mass is 303 g/mol. The Morgan fingerprint density at radius 3 is 2.50 bits per heavy atom. The third kappa shape index (κ3) is 2.43. The molecule has 1 saturated heterocycles. The Hall–Kier alpha value is -2.41. The van der Waals surface area contributed by atoms with E-state index in [0.717, 1.165) is 25.9 Å². The molecule has 3 heterocycles. The van der Waals surface area contributed by atoms with Gasteiger partial charge < -0.3 is 19.5 Å². The number of fused-ring (bicyclic) bond motifs is 1. The maximum atomic E-state index is 11.4. The van der Waals surface area contributed by atoms with Crippen molar-refractivity contribution < 1.29 is 19.8 Å². The minimum Gasteiger partial charge on any atom is -0.478 e. The summed E-state index contributed by atoms with van der Waals surface area (Å²) in [6.07, 6.45) is 3.43. The lowest BCUT2D eigenvalue weighted by Crippen LogP contribution is -2.30. The SMILES string of the molecule is CN1CCC(c2nc(C(=O)O)c3cc(C(=O)O)ccn23)CC1. The summed E-state index contributed by atoms with van der Waals surface area (Å²) in [4.78, 5) is 29.0. The average Bonchev–Trinajstić information content (AvgIpc) is 2.87. The summed E-state index contributed by atoms with van der Waals surface area (Å²) >= 11 is 0. The Balaban J connectivity index is 2.11. The predicted molar refractivity (Wildman–Crippen MR) is 78.6 cm³/mol. The summed E-state index contributed by atoms with van der Waals surface area (Å²) in [7, 11) is 2.06. The van der Waals surface area contributed by atoms with E-state index in [9.17, 15) is 14.7 Å². The van der Waals surface area contributed by atoms with E-state index in [1.807, 2.05) is 0 Å². The van der Waals surface area contributed by atoms with Gasteiger partial charge in [-0.2, -0.15) is 0 Å². The molecule has 1 fully saturated rings. The number of hydrogen-bond donors (Lipinski definition) is 2. The quantitative estimate of drug-likeness (QED) is 0.893. The highest BCUT2D eigenvalue weighted by Gasteiger charge is 2.26. The van der Waals surface area contributed by atoms with Crippen LogP contribution in [0.3, 0.4) is 0 Å². The summed E-state index contributed by atoms with van der Waals surface area (Å²) in [5.74, 6) is -1.33. The molecule has 0 aromatic carbocycles. The van der Waals surface area contributed by atoms with Gasteiger partial charge in [0.25, 0.3) is 0 Å². The molecule has 0 aliphatic carbocycles. The number of nitrogens with zero attached hydrogens (tertiary/aromatic N) is 3. The normalized spacial score (nSPS) is 17.0. The predicted octanol–water partition coefficient (Wildman–Crippen LogP) is 1.54. The largest absolute Gasteiger partial charge is 0.478 e.